The fourth-order valence-corrected chi connectivity index (χ4v) is 14.8. The minimum absolute atomic E-state index is 0.0242. The lowest BCUT2D eigenvalue weighted by Crippen LogP contribution is -2.41. The van der Waals surface area contributed by atoms with E-state index in [0.29, 0.717) is 61.1 Å². The van der Waals surface area contributed by atoms with E-state index in [1.54, 1.807) is 56.8 Å². The Kier molecular flexibility index (Phi) is 24.5. The van der Waals surface area contributed by atoms with Gasteiger partial charge in [0.2, 0.25) is 0 Å². The number of nitrogens with zero attached hydrogens (tertiary/aromatic N) is 9. The van der Waals surface area contributed by atoms with E-state index in [1.165, 1.54) is 12.1 Å². The number of ether oxygens (including phenoxy) is 2. The summed E-state index contributed by atoms with van der Waals surface area (Å²) in [5.74, 6) is 1.15. The Morgan fingerprint density at radius 1 is 0.611 bits per heavy atom. The SMILES string of the molecule is CC(C)(C)c1ccc2c(n1)N1C[C@@H](CCC(Cc3ccc(Br)cn3)Nc3cccc(n3)S(=O)(=O)NC2=O)CC1(C)C.CNCCCOC.COCCCN(C)c1ccc(CC2CC[C@@H]3CN(c4nc(C(C)(C)C)ccc4C(=O)NS(=O)(=O)c4cccc(n4)N2)C(C)(C)C3)nc1. The molecule has 516 valence electrons. The molecule has 0 radical (unpaired) electrons. The van der Waals surface area contributed by atoms with Crippen LogP contribution < -0.4 is 40.1 Å². The van der Waals surface area contributed by atoms with Crippen LogP contribution in [0.25, 0.3) is 0 Å². The Balaban J connectivity index is 0.000000223. The van der Waals surface area contributed by atoms with E-state index in [4.69, 9.17) is 24.4 Å². The quantitative estimate of drug-likeness (QED) is 0.0673. The van der Waals surface area contributed by atoms with E-state index in [-0.39, 0.29) is 55.2 Å². The van der Waals surface area contributed by atoms with Crippen LogP contribution in [0.3, 0.4) is 0 Å². The largest absolute Gasteiger partial charge is 0.385 e. The summed E-state index contributed by atoms with van der Waals surface area (Å²) in [5.41, 5.74) is 3.98. The average molecular weight is 1410 g/mol. The van der Waals surface area contributed by atoms with E-state index < -0.39 is 31.9 Å². The number of methoxy groups -OCH3 is 2. The maximum Gasteiger partial charge on any atom is 0.281 e. The number of carbonyl (C=O) groups excluding carboxylic acids is 2. The highest BCUT2D eigenvalue weighted by molar-refractivity contribution is 9.10. The summed E-state index contributed by atoms with van der Waals surface area (Å²) < 4.78 is 69.2. The maximum absolute atomic E-state index is 13.7. The van der Waals surface area contributed by atoms with E-state index in [0.717, 1.165) is 111 Å². The molecule has 0 saturated carbocycles. The number of halogens is 1. The average Bonchev–Trinajstić information content (AvgIpc) is 1.71. The zero-order chi connectivity index (χ0) is 69.1. The minimum Gasteiger partial charge on any atom is -0.385 e. The highest BCUT2D eigenvalue weighted by atomic mass is 79.9. The molecule has 25 heteroatoms. The van der Waals surface area contributed by atoms with Crippen LogP contribution in [0, 0.1) is 11.8 Å². The molecule has 0 spiro atoms. The Hall–Kier alpha value is -6.90. The predicted octanol–water partition coefficient (Wildman–Crippen LogP) is 10.9. The van der Waals surface area contributed by atoms with Crippen molar-refractivity contribution >= 4 is 76.7 Å². The van der Waals surface area contributed by atoms with Crippen molar-refractivity contribution in [2.45, 2.75) is 177 Å². The van der Waals surface area contributed by atoms with Gasteiger partial charge in [-0.05, 0) is 193 Å². The van der Waals surface area contributed by atoms with Gasteiger partial charge in [0.1, 0.15) is 23.3 Å². The molecule has 10 heterocycles. The minimum atomic E-state index is -4.27. The first-order valence-electron chi connectivity index (χ1n) is 32.9. The third kappa shape index (κ3) is 19.9. The molecular weight excluding hydrogens is 1310 g/mol. The fourth-order valence-electron chi connectivity index (χ4n) is 12.7. The zero-order valence-corrected chi connectivity index (χ0v) is 61.1. The van der Waals surface area contributed by atoms with Crippen molar-refractivity contribution < 1.29 is 35.9 Å². The summed E-state index contributed by atoms with van der Waals surface area (Å²) in [6, 6.07) is 24.6. The summed E-state index contributed by atoms with van der Waals surface area (Å²) in [7, 11) is -1.10. The van der Waals surface area contributed by atoms with Gasteiger partial charge in [-0.15, -0.1) is 0 Å². The highest BCUT2D eigenvalue weighted by Gasteiger charge is 2.43. The highest BCUT2D eigenvalue weighted by Crippen LogP contribution is 2.43. The monoisotopic (exact) mass is 1410 g/mol. The number of amides is 2. The van der Waals surface area contributed by atoms with Gasteiger partial charge in [0.05, 0.1) is 23.0 Å². The standard InChI is InChI=1S/C35H49N7O4S.C30H37BrN6O3S.C5H13NO/c1-34(2,3)29-17-16-28-32(38-29)42-23-24(21-35(42,4)5)12-13-26(20-25-14-15-27(22-36-25)41(6)18-9-19-46-7)37-30-10-8-11-31(39-30)47(44,45)40-33(28)43;1-29(2,3)24-14-13-23-27(34-24)37-18-19(16-30(37,4)5)9-11-22(15-21-12-10-20(31)17-32-21)33-25-7-6-8-26(35-25)41(39,40)36-28(23)38;1-6-4-3-5-7-2/h8,10-11,14-17,22,24,26H,9,12-13,18-21,23H2,1-7H3,(H,37,39)(H,40,43);6-8,10,12-14,17,19,22H,9,11,15-16,18H2,1-5H3,(H,33,35)(H,36,38);6H,3-5H2,1-2H3/t24-,26?;19-,22?;/m00./s1. The molecule has 2 unspecified atom stereocenters. The third-order valence-electron chi connectivity index (χ3n) is 17.8. The second-order valence-corrected chi connectivity index (χ2v) is 32.8. The molecule has 2 fully saturated rings. The van der Waals surface area contributed by atoms with Gasteiger partial charge in [-0.2, -0.15) is 16.8 Å². The molecule has 2 amide bonds. The second kappa shape index (κ2) is 31.5. The summed E-state index contributed by atoms with van der Waals surface area (Å²) in [6.07, 6.45) is 12.4. The number of nitrogens with one attached hydrogen (secondary N) is 5. The molecule has 4 aliphatic heterocycles. The predicted molar refractivity (Wildman–Crippen MR) is 380 cm³/mol. The zero-order valence-electron chi connectivity index (χ0n) is 57.8. The Bertz CT molecular complexity index is 3810. The molecule has 6 aromatic heterocycles. The Morgan fingerprint density at radius 3 is 1.47 bits per heavy atom. The number of carbonyl (C=O) groups is 2. The summed E-state index contributed by atoms with van der Waals surface area (Å²) in [5, 5.41) is 9.52. The molecule has 10 rings (SSSR count). The lowest BCUT2D eigenvalue weighted by molar-refractivity contribution is 0.0972. The second-order valence-electron chi connectivity index (χ2n) is 28.7. The van der Waals surface area contributed by atoms with Crippen molar-refractivity contribution in [1.82, 2.24) is 44.7 Å². The molecule has 22 nitrogen and oxygen atoms in total. The molecule has 95 heavy (non-hydrogen) atoms. The van der Waals surface area contributed by atoms with Crippen molar-refractivity contribution in [3.05, 3.63) is 136 Å². The van der Waals surface area contributed by atoms with Crippen molar-refractivity contribution in [1.29, 1.82) is 0 Å². The smallest absolute Gasteiger partial charge is 0.281 e. The van der Waals surface area contributed by atoms with Crippen LogP contribution in [-0.4, -0.2) is 149 Å². The molecule has 0 aliphatic carbocycles. The molecule has 8 bridgehead atoms. The first kappa shape index (κ1) is 73.9. The molecular formula is C70H99BrN14O8S2. The summed E-state index contributed by atoms with van der Waals surface area (Å²) in [6.45, 7) is 26.0. The van der Waals surface area contributed by atoms with Crippen LogP contribution >= 0.6 is 15.9 Å². The van der Waals surface area contributed by atoms with Crippen molar-refractivity contribution in [3.63, 3.8) is 0 Å². The third-order valence-corrected chi connectivity index (χ3v) is 20.7. The van der Waals surface area contributed by atoms with Crippen LogP contribution in [0.2, 0.25) is 0 Å². The lowest BCUT2D eigenvalue weighted by Gasteiger charge is -2.34. The van der Waals surface area contributed by atoms with Crippen molar-refractivity contribution in [2.75, 3.05) is 93.0 Å². The summed E-state index contributed by atoms with van der Waals surface area (Å²) in [4.78, 5) is 61.9. The number of aromatic nitrogens is 6. The number of anilines is 5. The number of pyridine rings is 6. The topological polar surface area (TPSA) is 268 Å². The van der Waals surface area contributed by atoms with Gasteiger partial charge in [0.25, 0.3) is 31.9 Å². The maximum atomic E-state index is 13.7. The van der Waals surface area contributed by atoms with Gasteiger partial charge >= 0.3 is 0 Å². The van der Waals surface area contributed by atoms with Crippen LogP contribution in [-0.2, 0) is 53.2 Å². The van der Waals surface area contributed by atoms with Gasteiger partial charge in [0.15, 0.2) is 10.1 Å². The Labute approximate surface area is 572 Å². The first-order chi connectivity index (χ1) is 44.8. The van der Waals surface area contributed by atoms with E-state index in [2.05, 4.69) is 152 Å². The van der Waals surface area contributed by atoms with Gasteiger partial charge in [-0.1, -0.05) is 53.7 Å². The molecule has 6 aromatic rings. The van der Waals surface area contributed by atoms with Gasteiger partial charge < -0.3 is 40.1 Å². The molecule has 2 saturated heterocycles. The van der Waals surface area contributed by atoms with Crippen molar-refractivity contribution in [2.24, 2.45) is 11.8 Å². The van der Waals surface area contributed by atoms with Crippen molar-refractivity contribution in [3.8, 4) is 0 Å². The normalized spacial score (nSPS) is 20.5. The van der Waals surface area contributed by atoms with Crippen LogP contribution in [0.1, 0.15) is 164 Å². The number of fused-ring (bicyclic) bond motifs is 12. The van der Waals surface area contributed by atoms with Gasteiger partial charge in [-0.3, -0.25) is 19.6 Å². The molecule has 4 atom stereocenters. The summed E-state index contributed by atoms with van der Waals surface area (Å²) >= 11 is 3.45. The number of sulfonamides is 2. The first-order valence-corrected chi connectivity index (χ1v) is 36.6. The molecule has 5 N–H and O–H groups in total. The van der Waals surface area contributed by atoms with Crippen LogP contribution in [0.4, 0.5) is 29.0 Å². The van der Waals surface area contributed by atoms with Crippen LogP contribution in [0.15, 0.2) is 112 Å². The van der Waals surface area contributed by atoms with Crippen LogP contribution in [0.5, 0.6) is 0 Å². The number of rotatable bonds is 13. The number of hydrogen-bond donors (Lipinski definition) is 5. The fraction of sp³-hybridized carbons (Fsp3) is 0.543. The van der Waals surface area contributed by atoms with E-state index in [1.807, 2.05) is 44.6 Å². The van der Waals surface area contributed by atoms with E-state index in [9.17, 15) is 26.4 Å². The van der Waals surface area contributed by atoms with Gasteiger partial charge in [0, 0.05) is 134 Å². The molecule has 0 aromatic carbocycles. The van der Waals surface area contributed by atoms with Gasteiger partial charge in [-0.25, -0.2) is 29.4 Å². The Morgan fingerprint density at radius 2 is 1.06 bits per heavy atom. The lowest BCUT2D eigenvalue weighted by atomic mass is 9.90. The van der Waals surface area contributed by atoms with E-state index >= 15 is 0 Å². The molecule has 4 aliphatic rings. The number of hydrogen-bond acceptors (Lipinski definition) is 20.